The lowest BCUT2D eigenvalue weighted by Gasteiger charge is -2.42. The predicted molar refractivity (Wildman–Crippen MR) is 173 cm³/mol. The molecule has 0 aliphatic carbocycles. The van der Waals surface area contributed by atoms with Gasteiger partial charge in [0.1, 0.15) is 17.1 Å². The van der Waals surface area contributed by atoms with Crippen molar-refractivity contribution in [3.63, 3.8) is 0 Å². The number of aryl methyl sites for hydroxylation is 1. The van der Waals surface area contributed by atoms with Crippen molar-refractivity contribution < 1.29 is 13.2 Å². The maximum atomic E-state index is 13.0. The monoisotopic (exact) mass is 621 g/mol. The Morgan fingerprint density at radius 2 is 1.80 bits per heavy atom. The van der Waals surface area contributed by atoms with Crippen LogP contribution in [0, 0.1) is 0 Å². The molecule has 2 fully saturated rings. The Hall–Kier alpha value is -3.68. The van der Waals surface area contributed by atoms with E-state index < -0.39 is 15.1 Å². The molecule has 2 saturated heterocycles. The number of H-pyrrole nitrogens is 1. The van der Waals surface area contributed by atoms with E-state index in [1.807, 2.05) is 6.07 Å². The Balaban J connectivity index is 1.20. The van der Waals surface area contributed by atoms with Crippen molar-refractivity contribution in [2.24, 2.45) is 7.05 Å². The minimum atomic E-state index is -3.61. The molecule has 0 saturated carbocycles. The summed E-state index contributed by atoms with van der Waals surface area (Å²) in [6.07, 6.45) is 6.25. The number of aromatic amines is 1. The van der Waals surface area contributed by atoms with Crippen molar-refractivity contribution in [3.8, 4) is 5.75 Å². The molecule has 44 heavy (non-hydrogen) atoms. The Kier molecular flexibility index (Phi) is 8.53. The summed E-state index contributed by atoms with van der Waals surface area (Å²) < 4.78 is 33.4. The molecule has 12 nitrogen and oxygen atoms in total. The van der Waals surface area contributed by atoms with Crippen LogP contribution in [0.3, 0.4) is 0 Å². The number of likely N-dealkylation sites (N-methyl/N-ethyl adjacent to an activating group) is 1. The number of nitrogens with zero attached hydrogens (tertiary/aromatic N) is 7. The van der Waals surface area contributed by atoms with Gasteiger partial charge in [0.15, 0.2) is 5.82 Å². The molecule has 0 atom stereocenters. The average Bonchev–Trinajstić information content (AvgIpc) is 3.64. The van der Waals surface area contributed by atoms with Crippen molar-refractivity contribution in [2.75, 3.05) is 63.6 Å². The van der Waals surface area contributed by atoms with Crippen molar-refractivity contribution in [1.82, 2.24) is 34.5 Å². The van der Waals surface area contributed by atoms with Crippen LogP contribution in [0.5, 0.6) is 5.75 Å². The smallest absolute Gasteiger partial charge is 0.201 e. The van der Waals surface area contributed by atoms with Gasteiger partial charge in [-0.2, -0.15) is 5.10 Å². The molecule has 236 valence electrons. The second-order valence-corrected chi connectivity index (χ2v) is 14.6. The number of sulfone groups is 1. The number of aromatic nitrogens is 5. The van der Waals surface area contributed by atoms with Crippen LogP contribution in [-0.2, 0) is 23.3 Å². The molecule has 2 aliphatic rings. The molecule has 0 radical (unpaired) electrons. The Morgan fingerprint density at radius 3 is 2.50 bits per heavy atom. The fourth-order valence-electron chi connectivity index (χ4n) is 6.20. The van der Waals surface area contributed by atoms with E-state index in [-0.39, 0.29) is 5.03 Å². The van der Waals surface area contributed by atoms with Crippen molar-refractivity contribution in [3.05, 3.63) is 48.0 Å². The normalized spacial score (nSPS) is 17.5. The molecule has 0 spiro atoms. The SMILES string of the molecule is COc1cc(N2CCC(N3CCN(C)CC3)CC2)ccc1Cc1nc(Nc2cn(C)nc2S(=O)(=O)C(C)C)c2[nH]ccc2n1. The van der Waals surface area contributed by atoms with Crippen LogP contribution in [-0.4, -0.2) is 108 Å². The number of fused-ring (bicyclic) bond motifs is 1. The molecule has 4 aromatic rings. The third-order valence-electron chi connectivity index (χ3n) is 8.89. The lowest BCUT2D eigenvalue weighted by atomic mass is 10.0. The first-order chi connectivity index (χ1) is 21.1. The fraction of sp³-hybridized carbons (Fsp3) is 0.516. The predicted octanol–water partition coefficient (Wildman–Crippen LogP) is 3.43. The fourth-order valence-corrected chi connectivity index (χ4v) is 7.30. The second-order valence-electron chi connectivity index (χ2n) is 12.2. The van der Waals surface area contributed by atoms with Gasteiger partial charge in [0.2, 0.25) is 14.9 Å². The molecule has 3 aromatic heterocycles. The molecule has 5 heterocycles. The summed E-state index contributed by atoms with van der Waals surface area (Å²) in [4.78, 5) is 20.3. The first kappa shape index (κ1) is 30.4. The highest BCUT2D eigenvalue weighted by atomic mass is 32.2. The standard InChI is InChI=1S/C31H43N9O3S/c1-21(2)44(41,42)31-26(20-38(4)36-31)34-30-29-25(8-11-32-29)33-28(35-30)18-22-6-7-24(19-27(22)43-5)39-12-9-23(10-13-39)40-16-14-37(3)15-17-40/h6-8,11,19-21,23,32H,9-10,12-18H2,1-5H3,(H,33,34,35). The maximum Gasteiger partial charge on any atom is 0.201 e. The Labute approximate surface area is 259 Å². The van der Waals surface area contributed by atoms with Gasteiger partial charge in [-0.3, -0.25) is 9.58 Å². The molecule has 13 heteroatoms. The zero-order valence-corrected chi connectivity index (χ0v) is 27.1. The van der Waals surface area contributed by atoms with Gasteiger partial charge in [-0.05, 0) is 45.9 Å². The maximum absolute atomic E-state index is 13.0. The topological polar surface area (TPSA) is 125 Å². The number of benzene rings is 1. The summed E-state index contributed by atoms with van der Waals surface area (Å²) in [7, 11) is 1.99. The third kappa shape index (κ3) is 6.13. The van der Waals surface area contributed by atoms with E-state index in [0.717, 1.165) is 56.1 Å². The average molecular weight is 622 g/mol. The quantitative estimate of drug-likeness (QED) is 0.287. The van der Waals surface area contributed by atoms with Crippen LogP contribution < -0.4 is 15.0 Å². The van der Waals surface area contributed by atoms with E-state index >= 15 is 0 Å². The van der Waals surface area contributed by atoms with Gasteiger partial charge in [0.25, 0.3) is 0 Å². The van der Waals surface area contributed by atoms with Gasteiger partial charge in [-0.25, -0.2) is 18.4 Å². The molecule has 2 N–H and O–H groups in total. The zero-order valence-electron chi connectivity index (χ0n) is 26.2. The van der Waals surface area contributed by atoms with Crippen LogP contribution in [0.15, 0.2) is 41.7 Å². The van der Waals surface area contributed by atoms with Crippen molar-refractivity contribution in [1.29, 1.82) is 0 Å². The molecule has 0 unspecified atom stereocenters. The summed E-state index contributed by atoms with van der Waals surface area (Å²) in [6, 6.07) is 8.94. The van der Waals surface area contributed by atoms with Gasteiger partial charge in [-0.15, -0.1) is 0 Å². The van der Waals surface area contributed by atoms with Crippen LogP contribution in [0.4, 0.5) is 17.2 Å². The molecule has 1 aromatic carbocycles. The molecule has 6 rings (SSSR count). The number of hydrogen-bond acceptors (Lipinski definition) is 10. The number of methoxy groups -OCH3 is 1. The Morgan fingerprint density at radius 1 is 1.05 bits per heavy atom. The van der Waals surface area contributed by atoms with Crippen LogP contribution in [0.2, 0.25) is 0 Å². The van der Waals surface area contributed by atoms with Crippen LogP contribution in [0.25, 0.3) is 11.0 Å². The van der Waals surface area contributed by atoms with E-state index in [9.17, 15) is 8.42 Å². The van der Waals surface area contributed by atoms with Crippen LogP contribution >= 0.6 is 0 Å². The zero-order chi connectivity index (χ0) is 31.0. The molecular weight excluding hydrogens is 578 g/mol. The van der Waals surface area contributed by atoms with Crippen molar-refractivity contribution in [2.45, 2.75) is 49.4 Å². The number of piperazine rings is 1. The lowest BCUT2D eigenvalue weighted by Crippen LogP contribution is -2.52. The van der Waals surface area contributed by atoms with Gasteiger partial charge in [0.05, 0.1) is 23.6 Å². The largest absolute Gasteiger partial charge is 0.496 e. The summed E-state index contributed by atoms with van der Waals surface area (Å²) in [5, 5.41) is 6.87. The second kappa shape index (κ2) is 12.4. The van der Waals surface area contributed by atoms with Gasteiger partial charge in [-0.1, -0.05) is 6.07 Å². The summed E-state index contributed by atoms with van der Waals surface area (Å²) in [5.74, 6) is 1.88. The minimum Gasteiger partial charge on any atom is -0.496 e. The van der Waals surface area contributed by atoms with Gasteiger partial charge >= 0.3 is 0 Å². The number of nitrogens with one attached hydrogen (secondary N) is 2. The number of hydrogen-bond donors (Lipinski definition) is 2. The molecule has 0 amide bonds. The van der Waals surface area contributed by atoms with E-state index in [4.69, 9.17) is 14.7 Å². The number of piperidine rings is 1. The first-order valence-corrected chi connectivity index (χ1v) is 16.9. The van der Waals surface area contributed by atoms with E-state index in [1.54, 1.807) is 40.4 Å². The highest BCUT2D eigenvalue weighted by Crippen LogP contribution is 2.32. The minimum absolute atomic E-state index is 0.000285. The van der Waals surface area contributed by atoms with E-state index in [1.165, 1.54) is 23.2 Å². The lowest BCUT2D eigenvalue weighted by molar-refractivity contribution is 0.0982. The summed E-state index contributed by atoms with van der Waals surface area (Å²) in [5.41, 5.74) is 3.94. The highest BCUT2D eigenvalue weighted by Gasteiger charge is 2.28. The van der Waals surface area contributed by atoms with Crippen molar-refractivity contribution >= 4 is 38.1 Å². The third-order valence-corrected chi connectivity index (χ3v) is 11.0. The van der Waals surface area contributed by atoms with Gasteiger partial charge in [0, 0.05) is 88.5 Å². The molecule has 2 aliphatic heterocycles. The number of ether oxygens (including phenoxy) is 1. The van der Waals surface area contributed by atoms with E-state index in [0.29, 0.717) is 35.3 Å². The van der Waals surface area contributed by atoms with Crippen LogP contribution in [0.1, 0.15) is 38.1 Å². The first-order valence-electron chi connectivity index (χ1n) is 15.4. The number of anilines is 3. The molecule has 0 bridgehead atoms. The molecular formula is C31H43N9O3S. The highest BCUT2D eigenvalue weighted by molar-refractivity contribution is 7.92. The van der Waals surface area contributed by atoms with E-state index in [2.05, 4.69) is 55.3 Å². The summed E-state index contributed by atoms with van der Waals surface area (Å²) in [6.45, 7) is 10.00. The Bertz CT molecular complexity index is 1720. The van der Waals surface area contributed by atoms with Gasteiger partial charge < -0.3 is 24.8 Å². The summed E-state index contributed by atoms with van der Waals surface area (Å²) >= 11 is 0. The number of rotatable bonds is 9.